The predicted molar refractivity (Wildman–Crippen MR) is 58.6 cm³/mol. The van der Waals surface area contributed by atoms with Crippen LogP contribution < -0.4 is 5.32 Å². The Kier molecular flexibility index (Phi) is 3.41. The average Bonchev–Trinajstić information content (AvgIpc) is 3.03. The minimum Gasteiger partial charge on any atom is -0.480 e. The molecule has 2 rings (SSSR count). The second kappa shape index (κ2) is 4.79. The molecule has 3 nitrogen and oxygen atoms in total. The summed E-state index contributed by atoms with van der Waals surface area (Å²) in [4.78, 5) is 11.1. The standard InChI is InChI=1S/C12H19NO2/c14-12(15)11(13-8-9-6-7-9)10-4-2-1-3-5-10/h1-2,9-11,13H,3-8H2,(H,14,15). The Morgan fingerprint density at radius 1 is 1.40 bits per heavy atom. The van der Waals surface area contributed by atoms with Gasteiger partial charge in [0.15, 0.2) is 0 Å². The third-order valence-electron chi connectivity index (χ3n) is 3.37. The Labute approximate surface area is 90.6 Å². The molecule has 0 amide bonds. The second-order valence-electron chi connectivity index (χ2n) is 4.71. The fourth-order valence-corrected chi connectivity index (χ4v) is 2.19. The van der Waals surface area contributed by atoms with Gasteiger partial charge in [-0.15, -0.1) is 0 Å². The first kappa shape index (κ1) is 10.7. The first-order valence-corrected chi connectivity index (χ1v) is 5.88. The van der Waals surface area contributed by atoms with Crippen molar-refractivity contribution < 1.29 is 9.90 Å². The summed E-state index contributed by atoms with van der Waals surface area (Å²) in [5.41, 5.74) is 0. The first-order valence-electron chi connectivity index (χ1n) is 5.88. The zero-order valence-corrected chi connectivity index (χ0v) is 8.98. The highest BCUT2D eigenvalue weighted by molar-refractivity contribution is 5.74. The van der Waals surface area contributed by atoms with Crippen molar-refractivity contribution >= 4 is 5.97 Å². The molecule has 0 aromatic heterocycles. The molecule has 0 heterocycles. The third-order valence-corrected chi connectivity index (χ3v) is 3.37. The molecule has 2 aliphatic carbocycles. The molecule has 0 aromatic rings. The van der Waals surface area contributed by atoms with Crippen molar-refractivity contribution in [3.8, 4) is 0 Å². The van der Waals surface area contributed by atoms with E-state index in [9.17, 15) is 9.90 Å². The summed E-state index contributed by atoms with van der Waals surface area (Å²) in [7, 11) is 0. The van der Waals surface area contributed by atoms with E-state index < -0.39 is 5.97 Å². The maximum absolute atomic E-state index is 11.1. The lowest BCUT2D eigenvalue weighted by Crippen LogP contribution is -2.44. The monoisotopic (exact) mass is 209 g/mol. The molecule has 2 unspecified atom stereocenters. The highest BCUT2D eigenvalue weighted by Crippen LogP contribution is 2.29. The number of hydrogen-bond donors (Lipinski definition) is 2. The molecule has 1 fully saturated rings. The summed E-state index contributed by atoms with van der Waals surface area (Å²) in [5, 5.41) is 12.4. The van der Waals surface area contributed by atoms with Crippen LogP contribution >= 0.6 is 0 Å². The zero-order valence-electron chi connectivity index (χ0n) is 8.98. The van der Waals surface area contributed by atoms with E-state index in [1.165, 1.54) is 12.8 Å². The minimum atomic E-state index is -0.684. The molecule has 0 radical (unpaired) electrons. The van der Waals surface area contributed by atoms with Gasteiger partial charge >= 0.3 is 5.97 Å². The summed E-state index contributed by atoms with van der Waals surface area (Å²) in [6.07, 6.45) is 9.74. The van der Waals surface area contributed by atoms with Gasteiger partial charge in [0, 0.05) is 0 Å². The number of carboxylic acid groups (broad SMARTS) is 1. The SMILES string of the molecule is O=C(O)C(NCC1CC1)C1CC=CCC1. The van der Waals surface area contributed by atoms with Crippen LogP contribution in [0.5, 0.6) is 0 Å². The number of nitrogens with one attached hydrogen (secondary N) is 1. The first-order chi connectivity index (χ1) is 7.27. The van der Waals surface area contributed by atoms with E-state index in [0.29, 0.717) is 0 Å². The van der Waals surface area contributed by atoms with Crippen molar-refractivity contribution in [3.05, 3.63) is 12.2 Å². The van der Waals surface area contributed by atoms with Crippen molar-refractivity contribution in [2.24, 2.45) is 11.8 Å². The maximum atomic E-state index is 11.1. The zero-order chi connectivity index (χ0) is 10.7. The molecule has 1 saturated carbocycles. The topological polar surface area (TPSA) is 49.3 Å². The molecule has 84 valence electrons. The van der Waals surface area contributed by atoms with Crippen molar-refractivity contribution in [1.82, 2.24) is 5.32 Å². The lowest BCUT2D eigenvalue weighted by atomic mass is 9.87. The van der Waals surface area contributed by atoms with Gasteiger partial charge in [-0.05, 0) is 50.5 Å². The Morgan fingerprint density at radius 2 is 2.20 bits per heavy atom. The Morgan fingerprint density at radius 3 is 2.73 bits per heavy atom. The summed E-state index contributed by atoms with van der Waals surface area (Å²) in [6, 6.07) is -0.337. The lowest BCUT2D eigenvalue weighted by Gasteiger charge is -2.25. The van der Waals surface area contributed by atoms with Gasteiger partial charge in [0.2, 0.25) is 0 Å². The largest absolute Gasteiger partial charge is 0.480 e. The molecule has 0 saturated heterocycles. The van der Waals surface area contributed by atoms with Crippen LogP contribution in [0.25, 0.3) is 0 Å². The molecule has 0 aromatic carbocycles. The van der Waals surface area contributed by atoms with Gasteiger partial charge in [-0.25, -0.2) is 0 Å². The van der Waals surface area contributed by atoms with Gasteiger partial charge in [-0.3, -0.25) is 4.79 Å². The van der Waals surface area contributed by atoms with Gasteiger partial charge in [0.25, 0.3) is 0 Å². The van der Waals surface area contributed by atoms with E-state index >= 15 is 0 Å². The van der Waals surface area contributed by atoms with Crippen LogP contribution in [0.2, 0.25) is 0 Å². The van der Waals surface area contributed by atoms with Crippen LogP contribution in [0.15, 0.2) is 12.2 Å². The van der Waals surface area contributed by atoms with Gasteiger partial charge in [-0.2, -0.15) is 0 Å². The number of carboxylic acids is 1. The van der Waals surface area contributed by atoms with Crippen LogP contribution in [0.4, 0.5) is 0 Å². The van der Waals surface area contributed by atoms with E-state index in [2.05, 4.69) is 17.5 Å². The predicted octanol–water partition coefficient (Wildman–Crippen LogP) is 1.80. The minimum absolute atomic E-state index is 0.284. The number of aliphatic carboxylic acids is 1. The van der Waals surface area contributed by atoms with Gasteiger partial charge < -0.3 is 10.4 Å². The fourth-order valence-electron chi connectivity index (χ4n) is 2.19. The number of carbonyl (C=O) groups is 1. The van der Waals surface area contributed by atoms with Crippen LogP contribution in [0, 0.1) is 11.8 Å². The summed E-state index contributed by atoms with van der Waals surface area (Å²) < 4.78 is 0. The molecular weight excluding hydrogens is 190 g/mol. The van der Waals surface area contributed by atoms with Crippen molar-refractivity contribution in [3.63, 3.8) is 0 Å². The number of hydrogen-bond acceptors (Lipinski definition) is 2. The molecule has 0 bridgehead atoms. The van der Waals surface area contributed by atoms with E-state index in [1.807, 2.05) is 0 Å². The van der Waals surface area contributed by atoms with E-state index in [-0.39, 0.29) is 12.0 Å². The molecule has 3 heteroatoms. The Hall–Kier alpha value is -0.830. The fraction of sp³-hybridized carbons (Fsp3) is 0.750. The second-order valence-corrected chi connectivity index (χ2v) is 4.71. The van der Waals surface area contributed by atoms with Crippen LogP contribution in [-0.4, -0.2) is 23.7 Å². The van der Waals surface area contributed by atoms with Crippen LogP contribution in [0.1, 0.15) is 32.1 Å². The number of rotatable bonds is 5. The highest BCUT2D eigenvalue weighted by atomic mass is 16.4. The van der Waals surface area contributed by atoms with Crippen LogP contribution in [0.3, 0.4) is 0 Å². The molecule has 2 atom stereocenters. The molecule has 2 N–H and O–H groups in total. The van der Waals surface area contributed by atoms with Crippen LogP contribution in [-0.2, 0) is 4.79 Å². The third kappa shape index (κ3) is 3.06. The Balaban J connectivity index is 1.85. The Bertz CT molecular complexity index is 258. The van der Waals surface area contributed by atoms with Gasteiger partial charge in [0.1, 0.15) is 6.04 Å². The van der Waals surface area contributed by atoms with E-state index in [1.54, 1.807) is 0 Å². The van der Waals surface area contributed by atoms with Crippen molar-refractivity contribution in [2.75, 3.05) is 6.54 Å². The summed E-state index contributed by atoms with van der Waals surface area (Å²) in [5.74, 6) is 0.341. The smallest absolute Gasteiger partial charge is 0.320 e. The molecule has 0 aliphatic heterocycles. The maximum Gasteiger partial charge on any atom is 0.320 e. The highest BCUT2D eigenvalue weighted by Gasteiger charge is 2.30. The average molecular weight is 209 g/mol. The quantitative estimate of drug-likeness (QED) is 0.679. The van der Waals surface area contributed by atoms with Crippen molar-refractivity contribution in [1.29, 1.82) is 0 Å². The normalized spacial score (nSPS) is 27.6. The van der Waals surface area contributed by atoms with Gasteiger partial charge in [-0.1, -0.05) is 12.2 Å². The lowest BCUT2D eigenvalue weighted by molar-refractivity contribution is -0.141. The van der Waals surface area contributed by atoms with Gasteiger partial charge in [0.05, 0.1) is 0 Å². The van der Waals surface area contributed by atoms with E-state index in [0.717, 1.165) is 31.7 Å². The van der Waals surface area contributed by atoms with E-state index in [4.69, 9.17) is 0 Å². The molecule has 2 aliphatic rings. The number of allylic oxidation sites excluding steroid dienone is 2. The molecule has 15 heavy (non-hydrogen) atoms. The molecular formula is C12H19NO2. The summed E-state index contributed by atoms with van der Waals surface area (Å²) in [6.45, 7) is 0.886. The summed E-state index contributed by atoms with van der Waals surface area (Å²) >= 11 is 0. The van der Waals surface area contributed by atoms with Crippen molar-refractivity contribution in [2.45, 2.75) is 38.1 Å². The molecule has 0 spiro atoms.